The number of allylic oxidation sites excluding steroid dienone is 3. The van der Waals surface area contributed by atoms with Crippen molar-refractivity contribution in [2.45, 2.75) is 32.9 Å². The van der Waals surface area contributed by atoms with Gasteiger partial charge < -0.3 is 25.4 Å². The van der Waals surface area contributed by atoms with Crippen molar-refractivity contribution in [3.63, 3.8) is 0 Å². The number of benzene rings is 1. The van der Waals surface area contributed by atoms with Gasteiger partial charge in [-0.3, -0.25) is 9.89 Å². The number of amides is 1. The quantitative estimate of drug-likeness (QED) is 0.257. The summed E-state index contributed by atoms with van der Waals surface area (Å²) in [7, 11) is 3.41. The van der Waals surface area contributed by atoms with E-state index in [0.29, 0.717) is 17.5 Å². The van der Waals surface area contributed by atoms with Crippen molar-refractivity contribution in [2.75, 3.05) is 32.1 Å². The molecule has 186 valence electrons. The average molecular weight is 481 g/mol. The van der Waals surface area contributed by atoms with E-state index in [2.05, 4.69) is 31.2 Å². The number of rotatable bonds is 10. The lowest BCUT2D eigenvalue weighted by Crippen LogP contribution is -2.57. The Kier molecular flexibility index (Phi) is 7.47. The molecule has 4 N–H and O–H groups in total. The van der Waals surface area contributed by atoms with E-state index in [0.717, 1.165) is 40.8 Å². The molecule has 1 fully saturated rings. The number of aryl methyl sites for hydroxylation is 2. The molecule has 0 bridgehead atoms. The molecule has 4 rings (SSSR count). The Hall–Kier alpha value is -3.70. The van der Waals surface area contributed by atoms with Crippen LogP contribution >= 0.6 is 0 Å². The largest absolute Gasteiger partial charge is 0.498 e. The van der Waals surface area contributed by atoms with Crippen LogP contribution in [0, 0.1) is 6.92 Å². The Morgan fingerprint density at radius 3 is 2.86 bits per heavy atom. The topological polar surface area (TPSA) is 131 Å². The number of aromatic nitrogens is 5. The van der Waals surface area contributed by atoms with Crippen molar-refractivity contribution in [2.24, 2.45) is 7.05 Å². The van der Waals surface area contributed by atoms with Crippen LogP contribution in [0.15, 0.2) is 36.2 Å². The van der Waals surface area contributed by atoms with E-state index in [1.165, 1.54) is 0 Å². The summed E-state index contributed by atoms with van der Waals surface area (Å²) in [6.45, 7) is 7.33. The van der Waals surface area contributed by atoms with Gasteiger partial charge >= 0.3 is 0 Å². The molecule has 1 saturated heterocycles. The summed E-state index contributed by atoms with van der Waals surface area (Å²) in [6.07, 6.45) is 5.13. The first-order chi connectivity index (χ1) is 16.9. The second-order valence-electron chi connectivity index (χ2n) is 8.45. The predicted octanol–water partition coefficient (Wildman–Crippen LogP) is 2.17. The Morgan fingerprint density at radius 2 is 2.17 bits per heavy atom. The molecule has 1 atom stereocenters. The fraction of sp³-hybridized carbons (Fsp3) is 0.417. The zero-order valence-corrected chi connectivity index (χ0v) is 20.7. The minimum atomic E-state index is -0.425. The van der Waals surface area contributed by atoms with E-state index in [1.807, 2.05) is 58.3 Å². The fourth-order valence-electron chi connectivity index (χ4n) is 3.75. The highest BCUT2D eigenvalue weighted by Crippen LogP contribution is 2.27. The van der Waals surface area contributed by atoms with E-state index in [4.69, 9.17) is 14.5 Å². The summed E-state index contributed by atoms with van der Waals surface area (Å²) in [5, 5.41) is 22.1. The first-order valence-electron chi connectivity index (χ1n) is 11.5. The Bertz CT molecular complexity index is 1250. The zero-order chi connectivity index (χ0) is 24.9. The smallest absolute Gasteiger partial charge is 0.246 e. The van der Waals surface area contributed by atoms with Gasteiger partial charge in [0.2, 0.25) is 11.9 Å². The van der Waals surface area contributed by atoms with Crippen molar-refractivity contribution >= 4 is 34.0 Å². The van der Waals surface area contributed by atoms with Crippen molar-refractivity contribution in [3.8, 4) is 0 Å². The third kappa shape index (κ3) is 5.52. The van der Waals surface area contributed by atoms with Gasteiger partial charge in [-0.2, -0.15) is 10.1 Å². The average Bonchev–Trinajstić information content (AvgIpc) is 3.44. The number of fused-ring (bicyclic) bond motifs is 1. The summed E-state index contributed by atoms with van der Waals surface area (Å²) in [6, 6.07) is 4.14. The third-order valence-corrected chi connectivity index (χ3v) is 6.02. The van der Waals surface area contributed by atoms with Crippen molar-refractivity contribution in [3.05, 3.63) is 47.6 Å². The van der Waals surface area contributed by atoms with Crippen molar-refractivity contribution in [1.29, 1.82) is 0 Å². The number of carbonyl (C=O) groups excluding carboxylic acids is 1. The van der Waals surface area contributed by atoms with Gasteiger partial charge in [0.15, 0.2) is 5.82 Å². The molecule has 0 spiro atoms. The van der Waals surface area contributed by atoms with Crippen molar-refractivity contribution < 1.29 is 14.3 Å². The number of ether oxygens (including phenoxy) is 2. The summed E-state index contributed by atoms with van der Waals surface area (Å²) in [5.41, 5.74) is 3.74. The van der Waals surface area contributed by atoms with Gasteiger partial charge in [-0.05, 0) is 44.5 Å². The fourth-order valence-corrected chi connectivity index (χ4v) is 3.75. The van der Waals surface area contributed by atoms with Crippen LogP contribution in [0.5, 0.6) is 0 Å². The number of hydrogen-bond acceptors (Lipinski definition) is 8. The molecular weight excluding hydrogens is 448 g/mol. The molecule has 1 unspecified atom stereocenters. The molecule has 0 radical (unpaired) electrons. The van der Waals surface area contributed by atoms with Crippen molar-refractivity contribution in [1.82, 2.24) is 35.6 Å². The van der Waals surface area contributed by atoms with E-state index < -0.39 is 6.10 Å². The SMILES string of the molecule is C/C=C(\C=C(\OC)C(C)OCC(=O)NC1CNC1)c1nc(Nc2ccc3[nH]ncc3c2C)n(C)n1. The van der Waals surface area contributed by atoms with Crippen LogP contribution in [0.4, 0.5) is 11.6 Å². The maximum atomic E-state index is 12.1. The maximum absolute atomic E-state index is 12.1. The van der Waals surface area contributed by atoms with E-state index >= 15 is 0 Å². The van der Waals surface area contributed by atoms with Crippen LogP contribution in [0.2, 0.25) is 0 Å². The number of hydrogen-bond donors (Lipinski definition) is 4. The Morgan fingerprint density at radius 1 is 1.37 bits per heavy atom. The van der Waals surface area contributed by atoms with Gasteiger partial charge in [0.05, 0.1) is 24.9 Å². The number of nitrogens with one attached hydrogen (secondary N) is 4. The van der Waals surface area contributed by atoms with Gasteiger partial charge in [0.1, 0.15) is 18.5 Å². The molecular formula is C24H32N8O3. The van der Waals surface area contributed by atoms with E-state index in [1.54, 1.807) is 11.8 Å². The predicted molar refractivity (Wildman–Crippen MR) is 134 cm³/mol. The molecule has 1 aromatic carbocycles. The van der Waals surface area contributed by atoms with E-state index in [9.17, 15) is 4.79 Å². The molecule has 35 heavy (non-hydrogen) atoms. The highest BCUT2D eigenvalue weighted by atomic mass is 16.5. The maximum Gasteiger partial charge on any atom is 0.246 e. The summed E-state index contributed by atoms with van der Waals surface area (Å²) < 4.78 is 13.0. The molecule has 11 heteroatoms. The lowest BCUT2D eigenvalue weighted by molar-refractivity contribution is -0.128. The van der Waals surface area contributed by atoms with Gasteiger partial charge in [-0.1, -0.05) is 6.08 Å². The molecule has 0 aliphatic carbocycles. The summed E-state index contributed by atoms with van der Waals surface area (Å²) in [4.78, 5) is 16.8. The monoisotopic (exact) mass is 480 g/mol. The molecule has 2 aromatic heterocycles. The normalized spacial score (nSPS) is 15.7. The Balaban J connectivity index is 1.45. The number of aromatic amines is 1. The van der Waals surface area contributed by atoms with Gasteiger partial charge in [0.25, 0.3) is 0 Å². The third-order valence-electron chi connectivity index (χ3n) is 6.02. The number of methoxy groups -OCH3 is 1. The molecule has 11 nitrogen and oxygen atoms in total. The number of H-pyrrole nitrogens is 1. The molecule has 1 amide bonds. The molecule has 3 heterocycles. The van der Waals surface area contributed by atoms with Crippen LogP contribution in [0.1, 0.15) is 25.2 Å². The first kappa shape index (κ1) is 24.4. The number of anilines is 2. The molecule has 0 saturated carbocycles. The highest BCUT2D eigenvalue weighted by molar-refractivity contribution is 5.87. The molecule has 1 aliphatic heterocycles. The van der Waals surface area contributed by atoms with Gasteiger partial charge in [0, 0.05) is 36.8 Å². The highest BCUT2D eigenvalue weighted by Gasteiger charge is 2.20. The minimum absolute atomic E-state index is 0.0419. The second kappa shape index (κ2) is 10.7. The van der Waals surface area contributed by atoms with Crippen LogP contribution < -0.4 is 16.0 Å². The lowest BCUT2D eigenvalue weighted by Gasteiger charge is -2.28. The van der Waals surface area contributed by atoms with Crippen LogP contribution in [0.25, 0.3) is 16.5 Å². The lowest BCUT2D eigenvalue weighted by atomic mass is 10.1. The molecule has 1 aliphatic rings. The zero-order valence-electron chi connectivity index (χ0n) is 20.7. The van der Waals surface area contributed by atoms with Gasteiger partial charge in [-0.25, -0.2) is 4.68 Å². The summed E-state index contributed by atoms with van der Waals surface area (Å²) >= 11 is 0. The minimum Gasteiger partial charge on any atom is -0.498 e. The number of nitrogens with zero attached hydrogens (tertiary/aromatic N) is 4. The summed E-state index contributed by atoms with van der Waals surface area (Å²) in [5.74, 6) is 1.57. The standard InChI is InChI=1S/C24H32N8O3/c1-6-16(9-21(34-5)15(3)35-13-22(33)27-17-10-25-11-17)23-29-24(32(4)31-23)28-19-7-8-20-18(14(19)2)12-26-30-20/h6-9,12,15,17,25H,10-11,13H2,1-5H3,(H,26,30)(H,27,33)(H,28,29,31)/b16-6+,21-9+. The Labute approximate surface area is 204 Å². The second-order valence-corrected chi connectivity index (χ2v) is 8.45. The van der Waals surface area contributed by atoms with E-state index in [-0.39, 0.29) is 18.6 Å². The van der Waals surface area contributed by atoms with Gasteiger partial charge in [-0.15, -0.1) is 5.10 Å². The van der Waals surface area contributed by atoms with Crippen LogP contribution in [-0.4, -0.2) is 69.8 Å². The number of carbonyl (C=O) groups is 1. The molecule has 3 aromatic rings. The van der Waals surface area contributed by atoms with Crippen LogP contribution in [-0.2, 0) is 21.3 Å². The first-order valence-corrected chi connectivity index (χ1v) is 11.5. The van der Waals surface area contributed by atoms with Crippen LogP contribution in [0.3, 0.4) is 0 Å².